The standard InChI is InChI=1S/C14H23F3N2O2S/c1-13(5-2-8-22-13)9-18-12(21)19-6-3-10(4-7-19)11(20)14(15,16)17/h10-11,20H,2-9H2,1H3,(H,18,21). The number of thioether (sulfide) groups is 1. The zero-order valence-corrected chi connectivity index (χ0v) is 13.5. The number of aliphatic hydroxyl groups is 1. The Labute approximate surface area is 132 Å². The van der Waals surface area contributed by atoms with Gasteiger partial charge in [-0.05, 0) is 44.3 Å². The first-order valence-corrected chi connectivity index (χ1v) is 8.61. The first-order valence-electron chi connectivity index (χ1n) is 7.63. The van der Waals surface area contributed by atoms with Crippen molar-refractivity contribution in [3.8, 4) is 0 Å². The van der Waals surface area contributed by atoms with E-state index in [1.165, 1.54) is 0 Å². The van der Waals surface area contributed by atoms with Crippen molar-refractivity contribution >= 4 is 17.8 Å². The van der Waals surface area contributed by atoms with E-state index in [2.05, 4.69) is 12.2 Å². The number of aliphatic hydroxyl groups excluding tert-OH is 1. The van der Waals surface area contributed by atoms with E-state index in [0.717, 1.165) is 18.6 Å². The number of urea groups is 1. The lowest BCUT2D eigenvalue weighted by atomic mass is 9.91. The van der Waals surface area contributed by atoms with Gasteiger partial charge in [-0.25, -0.2) is 4.79 Å². The predicted octanol–water partition coefficient (Wildman–Crippen LogP) is 2.62. The molecule has 2 heterocycles. The molecule has 0 radical (unpaired) electrons. The summed E-state index contributed by atoms with van der Waals surface area (Å²) in [4.78, 5) is 13.6. The van der Waals surface area contributed by atoms with E-state index in [-0.39, 0.29) is 36.7 Å². The van der Waals surface area contributed by atoms with Crippen LogP contribution in [0.5, 0.6) is 0 Å². The highest BCUT2D eigenvalue weighted by molar-refractivity contribution is 8.00. The molecule has 2 N–H and O–H groups in total. The van der Waals surface area contributed by atoms with Crippen molar-refractivity contribution in [3.05, 3.63) is 0 Å². The molecule has 2 fully saturated rings. The molecule has 2 aliphatic rings. The van der Waals surface area contributed by atoms with Gasteiger partial charge in [0.05, 0.1) is 0 Å². The molecule has 22 heavy (non-hydrogen) atoms. The van der Waals surface area contributed by atoms with Gasteiger partial charge < -0.3 is 15.3 Å². The normalized spacial score (nSPS) is 28.7. The molecular weight excluding hydrogens is 317 g/mol. The maximum Gasteiger partial charge on any atom is 0.414 e. The van der Waals surface area contributed by atoms with Crippen LogP contribution in [0.15, 0.2) is 0 Å². The average Bonchev–Trinajstić information content (AvgIpc) is 2.90. The smallest absolute Gasteiger partial charge is 0.383 e. The Morgan fingerprint density at radius 3 is 2.59 bits per heavy atom. The van der Waals surface area contributed by atoms with Gasteiger partial charge in [0, 0.05) is 24.4 Å². The van der Waals surface area contributed by atoms with Gasteiger partial charge in [0.1, 0.15) is 0 Å². The fourth-order valence-electron chi connectivity index (χ4n) is 3.04. The minimum Gasteiger partial charge on any atom is -0.383 e. The van der Waals surface area contributed by atoms with Gasteiger partial charge in [-0.2, -0.15) is 24.9 Å². The molecule has 2 rings (SSSR count). The van der Waals surface area contributed by atoms with Gasteiger partial charge in [-0.1, -0.05) is 0 Å². The Balaban J connectivity index is 1.75. The summed E-state index contributed by atoms with van der Waals surface area (Å²) in [6, 6.07) is -0.214. The summed E-state index contributed by atoms with van der Waals surface area (Å²) in [5, 5.41) is 12.2. The molecule has 2 aliphatic heterocycles. The van der Waals surface area contributed by atoms with Crippen molar-refractivity contribution in [1.29, 1.82) is 0 Å². The third-order valence-electron chi connectivity index (χ3n) is 4.52. The number of rotatable bonds is 3. The Morgan fingerprint density at radius 2 is 2.09 bits per heavy atom. The van der Waals surface area contributed by atoms with Crippen molar-refractivity contribution in [2.75, 3.05) is 25.4 Å². The van der Waals surface area contributed by atoms with Crippen LogP contribution in [0.1, 0.15) is 32.6 Å². The monoisotopic (exact) mass is 340 g/mol. The third-order valence-corrected chi connectivity index (χ3v) is 6.06. The topological polar surface area (TPSA) is 52.6 Å². The number of likely N-dealkylation sites (tertiary alicyclic amines) is 1. The number of hydrogen-bond donors (Lipinski definition) is 2. The summed E-state index contributed by atoms with van der Waals surface area (Å²) in [6.45, 7) is 3.22. The third kappa shape index (κ3) is 4.44. The van der Waals surface area contributed by atoms with E-state index < -0.39 is 18.2 Å². The molecule has 2 amide bonds. The predicted molar refractivity (Wildman–Crippen MR) is 79.9 cm³/mol. The van der Waals surface area contributed by atoms with Gasteiger partial charge in [0.15, 0.2) is 6.10 Å². The number of halogens is 3. The second kappa shape index (κ2) is 6.86. The summed E-state index contributed by atoms with van der Waals surface area (Å²) in [6.07, 6.45) is -4.29. The molecule has 0 aromatic carbocycles. The molecule has 0 spiro atoms. The molecule has 2 saturated heterocycles. The fraction of sp³-hybridized carbons (Fsp3) is 0.929. The molecule has 0 aliphatic carbocycles. The summed E-state index contributed by atoms with van der Waals surface area (Å²) in [5.41, 5.74) is 0. The number of piperidine rings is 1. The van der Waals surface area contributed by atoms with Gasteiger partial charge >= 0.3 is 12.2 Å². The van der Waals surface area contributed by atoms with Crippen LogP contribution in [0.4, 0.5) is 18.0 Å². The molecule has 2 atom stereocenters. The van der Waals surface area contributed by atoms with E-state index in [4.69, 9.17) is 0 Å². The number of amides is 2. The second-order valence-corrected chi connectivity index (χ2v) is 8.05. The Morgan fingerprint density at radius 1 is 1.45 bits per heavy atom. The molecule has 0 aromatic heterocycles. The van der Waals surface area contributed by atoms with Crippen molar-refractivity contribution in [2.24, 2.45) is 5.92 Å². The molecule has 0 bridgehead atoms. The highest BCUT2D eigenvalue weighted by atomic mass is 32.2. The van der Waals surface area contributed by atoms with Crippen LogP contribution >= 0.6 is 11.8 Å². The molecule has 8 heteroatoms. The Kier molecular flexibility index (Phi) is 5.53. The number of alkyl halides is 3. The van der Waals surface area contributed by atoms with Crippen molar-refractivity contribution in [2.45, 2.75) is 49.6 Å². The van der Waals surface area contributed by atoms with E-state index in [1.807, 2.05) is 11.8 Å². The number of nitrogens with one attached hydrogen (secondary N) is 1. The van der Waals surface area contributed by atoms with Crippen LogP contribution in [0.2, 0.25) is 0 Å². The van der Waals surface area contributed by atoms with E-state index in [1.54, 1.807) is 4.90 Å². The molecule has 0 aromatic rings. The summed E-state index contributed by atoms with van der Waals surface area (Å²) >= 11 is 1.85. The van der Waals surface area contributed by atoms with E-state index in [0.29, 0.717) is 6.54 Å². The van der Waals surface area contributed by atoms with Gasteiger partial charge in [-0.3, -0.25) is 0 Å². The molecule has 4 nitrogen and oxygen atoms in total. The van der Waals surface area contributed by atoms with Crippen LogP contribution in [0.3, 0.4) is 0 Å². The van der Waals surface area contributed by atoms with Crippen LogP contribution in [0.25, 0.3) is 0 Å². The highest BCUT2D eigenvalue weighted by Crippen LogP contribution is 2.37. The Hall–Kier alpha value is -0.630. The number of carbonyl (C=O) groups is 1. The highest BCUT2D eigenvalue weighted by Gasteiger charge is 2.44. The minimum atomic E-state index is -4.58. The quantitative estimate of drug-likeness (QED) is 0.830. The average molecular weight is 340 g/mol. The Bertz CT molecular complexity index is 392. The van der Waals surface area contributed by atoms with Crippen LogP contribution in [-0.2, 0) is 0 Å². The zero-order chi connectivity index (χ0) is 16.4. The summed E-state index contributed by atoms with van der Waals surface area (Å²) < 4.78 is 37.5. The molecule has 0 saturated carbocycles. The second-order valence-electron chi connectivity index (χ2n) is 6.37. The van der Waals surface area contributed by atoms with Crippen molar-refractivity contribution < 1.29 is 23.1 Å². The lowest BCUT2D eigenvalue weighted by Crippen LogP contribution is -2.50. The van der Waals surface area contributed by atoms with Crippen LogP contribution in [0, 0.1) is 5.92 Å². The summed E-state index contributed by atoms with van der Waals surface area (Å²) in [7, 11) is 0. The van der Waals surface area contributed by atoms with Gasteiger partial charge in [0.2, 0.25) is 0 Å². The largest absolute Gasteiger partial charge is 0.414 e. The lowest BCUT2D eigenvalue weighted by molar-refractivity contribution is -0.222. The molecular formula is C14H23F3N2O2S. The van der Waals surface area contributed by atoms with Gasteiger partial charge in [-0.15, -0.1) is 0 Å². The van der Waals surface area contributed by atoms with E-state index >= 15 is 0 Å². The first kappa shape index (κ1) is 17.7. The SMILES string of the molecule is CC1(CNC(=O)N2CCC(C(O)C(F)(F)F)CC2)CCCS1. The van der Waals surface area contributed by atoms with E-state index in [9.17, 15) is 23.1 Å². The van der Waals surface area contributed by atoms with Gasteiger partial charge in [0.25, 0.3) is 0 Å². The fourth-order valence-corrected chi connectivity index (χ4v) is 4.28. The van der Waals surface area contributed by atoms with Crippen LogP contribution < -0.4 is 5.32 Å². The zero-order valence-electron chi connectivity index (χ0n) is 12.7. The number of nitrogens with zero attached hydrogens (tertiary/aromatic N) is 1. The summed E-state index contributed by atoms with van der Waals surface area (Å²) in [5.74, 6) is 0.291. The number of hydrogen-bond acceptors (Lipinski definition) is 3. The molecule has 2 unspecified atom stereocenters. The maximum atomic E-state index is 12.5. The minimum absolute atomic E-state index is 0.0699. The maximum absolute atomic E-state index is 12.5. The lowest BCUT2D eigenvalue weighted by Gasteiger charge is -2.35. The first-order chi connectivity index (χ1) is 10.2. The van der Waals surface area contributed by atoms with Crippen LogP contribution in [-0.4, -0.2) is 58.5 Å². The van der Waals surface area contributed by atoms with Crippen molar-refractivity contribution in [3.63, 3.8) is 0 Å². The van der Waals surface area contributed by atoms with Crippen molar-refractivity contribution in [1.82, 2.24) is 10.2 Å². The number of carbonyl (C=O) groups excluding carboxylic acids is 1. The molecule has 128 valence electrons.